The van der Waals surface area contributed by atoms with Gasteiger partial charge in [0.25, 0.3) is 5.91 Å². The number of nitrogens with one attached hydrogen (secondary N) is 1. The van der Waals surface area contributed by atoms with Crippen LogP contribution >= 0.6 is 0 Å². The van der Waals surface area contributed by atoms with E-state index >= 15 is 0 Å². The Hall–Kier alpha value is -3.16. The second kappa shape index (κ2) is 8.09. The van der Waals surface area contributed by atoms with E-state index < -0.39 is 30.3 Å². The van der Waals surface area contributed by atoms with Gasteiger partial charge in [0.2, 0.25) is 0 Å². The number of benzene rings is 1. The molecule has 0 aliphatic carbocycles. The first-order valence-electron chi connectivity index (χ1n) is 7.60. The molecule has 0 radical (unpaired) electrons. The molecule has 0 fully saturated rings. The molecule has 2 aromatic rings. The number of amides is 1. The van der Waals surface area contributed by atoms with Gasteiger partial charge < -0.3 is 15.2 Å². The van der Waals surface area contributed by atoms with Gasteiger partial charge in [0.15, 0.2) is 5.69 Å². The van der Waals surface area contributed by atoms with Gasteiger partial charge in [-0.25, -0.2) is 4.79 Å². The maximum atomic E-state index is 12.2. The van der Waals surface area contributed by atoms with Crippen LogP contribution in [0.5, 0.6) is 0 Å². The number of rotatable bonds is 7. The SMILES string of the molecule is Cc1cn(C)nc1C(=O)N[C@@H](CC(=O)OCc1ccccc1)C(=O)O. The summed E-state index contributed by atoms with van der Waals surface area (Å²) in [5.41, 5.74) is 1.51. The van der Waals surface area contributed by atoms with E-state index in [4.69, 9.17) is 4.74 Å². The molecule has 132 valence electrons. The Morgan fingerprint density at radius 3 is 2.52 bits per heavy atom. The third-order valence-corrected chi connectivity index (χ3v) is 3.44. The number of carboxylic acid groups (broad SMARTS) is 1. The number of aliphatic carboxylic acids is 1. The largest absolute Gasteiger partial charge is 0.480 e. The maximum absolute atomic E-state index is 12.2. The highest BCUT2D eigenvalue weighted by atomic mass is 16.5. The Labute approximate surface area is 144 Å². The summed E-state index contributed by atoms with van der Waals surface area (Å²) >= 11 is 0. The summed E-state index contributed by atoms with van der Waals surface area (Å²) in [6.45, 7) is 1.73. The van der Waals surface area contributed by atoms with Crippen molar-refractivity contribution in [2.75, 3.05) is 0 Å². The average Bonchev–Trinajstić information content (AvgIpc) is 2.91. The molecule has 2 rings (SSSR count). The number of ether oxygens (including phenoxy) is 1. The first-order chi connectivity index (χ1) is 11.9. The fraction of sp³-hybridized carbons (Fsp3) is 0.294. The third-order valence-electron chi connectivity index (χ3n) is 3.44. The van der Waals surface area contributed by atoms with Gasteiger partial charge in [-0.05, 0) is 12.5 Å². The molecule has 1 atom stereocenters. The molecule has 0 unspecified atom stereocenters. The number of carboxylic acids is 1. The Balaban J connectivity index is 1.93. The van der Waals surface area contributed by atoms with E-state index in [0.29, 0.717) is 5.56 Å². The second-order valence-corrected chi connectivity index (χ2v) is 5.55. The summed E-state index contributed by atoms with van der Waals surface area (Å²) in [5, 5.41) is 15.5. The smallest absolute Gasteiger partial charge is 0.326 e. The van der Waals surface area contributed by atoms with Crippen LogP contribution in [0, 0.1) is 6.92 Å². The van der Waals surface area contributed by atoms with Crippen LogP contribution in [0.25, 0.3) is 0 Å². The number of esters is 1. The zero-order chi connectivity index (χ0) is 18.4. The molecule has 8 heteroatoms. The number of aromatic nitrogens is 2. The van der Waals surface area contributed by atoms with Crippen molar-refractivity contribution < 1.29 is 24.2 Å². The minimum Gasteiger partial charge on any atom is -0.480 e. The summed E-state index contributed by atoms with van der Waals surface area (Å²) in [6.07, 6.45) is 1.17. The first-order valence-corrected chi connectivity index (χ1v) is 7.60. The molecule has 0 aliphatic rings. The molecule has 25 heavy (non-hydrogen) atoms. The second-order valence-electron chi connectivity index (χ2n) is 5.55. The van der Waals surface area contributed by atoms with E-state index in [0.717, 1.165) is 5.56 Å². The maximum Gasteiger partial charge on any atom is 0.326 e. The monoisotopic (exact) mass is 345 g/mol. The van der Waals surface area contributed by atoms with Crippen molar-refractivity contribution in [1.29, 1.82) is 0 Å². The molecule has 2 N–H and O–H groups in total. The van der Waals surface area contributed by atoms with E-state index in [2.05, 4.69) is 10.4 Å². The van der Waals surface area contributed by atoms with Gasteiger partial charge in [-0.15, -0.1) is 0 Å². The molecule has 1 aromatic heterocycles. The molecule has 0 saturated heterocycles. The van der Waals surface area contributed by atoms with Crippen LogP contribution in [0.15, 0.2) is 36.5 Å². The van der Waals surface area contributed by atoms with Crippen LogP contribution in [0.1, 0.15) is 28.0 Å². The van der Waals surface area contributed by atoms with Gasteiger partial charge in [-0.3, -0.25) is 14.3 Å². The van der Waals surface area contributed by atoms with Crippen molar-refractivity contribution in [3.8, 4) is 0 Å². The van der Waals surface area contributed by atoms with E-state index in [9.17, 15) is 19.5 Å². The van der Waals surface area contributed by atoms with Crippen molar-refractivity contribution in [3.05, 3.63) is 53.3 Å². The lowest BCUT2D eigenvalue weighted by atomic mass is 10.2. The van der Waals surface area contributed by atoms with Crippen LogP contribution in [-0.4, -0.2) is 38.8 Å². The van der Waals surface area contributed by atoms with E-state index in [1.807, 2.05) is 6.07 Å². The van der Waals surface area contributed by atoms with Crippen LogP contribution < -0.4 is 5.32 Å². The minimum absolute atomic E-state index is 0.0410. The number of carbonyl (C=O) groups excluding carboxylic acids is 2. The summed E-state index contributed by atoms with van der Waals surface area (Å²) in [6, 6.07) is 7.62. The first kappa shape index (κ1) is 18.2. The zero-order valence-corrected chi connectivity index (χ0v) is 13.9. The molecular formula is C17H19N3O5. The van der Waals surface area contributed by atoms with Crippen molar-refractivity contribution in [2.45, 2.75) is 26.0 Å². The van der Waals surface area contributed by atoms with Crippen molar-refractivity contribution in [2.24, 2.45) is 7.05 Å². The van der Waals surface area contributed by atoms with E-state index in [1.165, 1.54) is 4.68 Å². The standard InChI is InChI=1S/C17H19N3O5/c1-11-9-20(2)19-15(11)16(22)18-13(17(23)24)8-14(21)25-10-12-6-4-3-5-7-12/h3-7,9,13H,8,10H2,1-2H3,(H,18,22)(H,23,24)/t13-/m0/s1. The average molecular weight is 345 g/mol. The minimum atomic E-state index is -1.39. The van der Waals surface area contributed by atoms with Crippen LogP contribution in [0.2, 0.25) is 0 Å². The number of aryl methyl sites for hydroxylation is 2. The fourth-order valence-electron chi connectivity index (χ4n) is 2.22. The molecule has 0 saturated carbocycles. The number of nitrogens with zero attached hydrogens (tertiary/aromatic N) is 2. The Kier molecular flexibility index (Phi) is 5.89. The zero-order valence-electron chi connectivity index (χ0n) is 13.9. The highest BCUT2D eigenvalue weighted by Gasteiger charge is 2.26. The van der Waals surface area contributed by atoms with Gasteiger partial charge in [-0.2, -0.15) is 5.10 Å². The highest BCUT2D eigenvalue weighted by molar-refractivity contribution is 5.96. The van der Waals surface area contributed by atoms with E-state index in [-0.39, 0.29) is 12.3 Å². The van der Waals surface area contributed by atoms with Gasteiger partial charge in [-0.1, -0.05) is 30.3 Å². The number of carbonyl (C=O) groups is 3. The molecule has 1 amide bonds. The predicted molar refractivity (Wildman–Crippen MR) is 87.7 cm³/mol. The highest BCUT2D eigenvalue weighted by Crippen LogP contribution is 2.07. The number of hydrogen-bond acceptors (Lipinski definition) is 5. The molecule has 0 aliphatic heterocycles. The normalized spacial score (nSPS) is 11.6. The van der Waals surface area contributed by atoms with Crippen LogP contribution in [-0.2, 0) is 28.0 Å². The summed E-state index contributed by atoms with van der Waals surface area (Å²) in [4.78, 5) is 35.3. The summed E-state index contributed by atoms with van der Waals surface area (Å²) < 4.78 is 6.50. The molecule has 0 bridgehead atoms. The predicted octanol–water partition coefficient (Wildman–Crippen LogP) is 1.05. The lowest BCUT2D eigenvalue weighted by molar-refractivity contribution is -0.150. The number of hydrogen-bond donors (Lipinski definition) is 2. The van der Waals surface area contributed by atoms with Gasteiger partial charge in [0.05, 0.1) is 6.42 Å². The van der Waals surface area contributed by atoms with Gasteiger partial charge in [0.1, 0.15) is 12.6 Å². The molecule has 1 aromatic carbocycles. The Morgan fingerprint density at radius 2 is 1.96 bits per heavy atom. The Morgan fingerprint density at radius 1 is 1.28 bits per heavy atom. The van der Waals surface area contributed by atoms with Gasteiger partial charge >= 0.3 is 11.9 Å². The van der Waals surface area contributed by atoms with Gasteiger partial charge in [0, 0.05) is 18.8 Å². The molecular weight excluding hydrogens is 326 g/mol. The topological polar surface area (TPSA) is 111 Å². The Bertz CT molecular complexity index is 770. The third kappa shape index (κ3) is 5.17. The fourth-order valence-corrected chi connectivity index (χ4v) is 2.22. The van der Waals surface area contributed by atoms with Crippen molar-refractivity contribution >= 4 is 17.8 Å². The molecule has 8 nitrogen and oxygen atoms in total. The molecule has 1 heterocycles. The van der Waals surface area contributed by atoms with Crippen molar-refractivity contribution in [1.82, 2.24) is 15.1 Å². The van der Waals surface area contributed by atoms with Crippen molar-refractivity contribution in [3.63, 3.8) is 0 Å². The summed E-state index contributed by atoms with van der Waals surface area (Å²) in [5.74, 6) is -2.69. The van der Waals surface area contributed by atoms with Crippen LogP contribution in [0.4, 0.5) is 0 Å². The van der Waals surface area contributed by atoms with E-state index in [1.54, 1.807) is 44.4 Å². The lowest BCUT2D eigenvalue weighted by Gasteiger charge is -2.13. The van der Waals surface area contributed by atoms with Crippen LogP contribution in [0.3, 0.4) is 0 Å². The quantitative estimate of drug-likeness (QED) is 0.726. The summed E-state index contributed by atoms with van der Waals surface area (Å²) in [7, 11) is 1.65. The molecule has 0 spiro atoms. The lowest BCUT2D eigenvalue weighted by Crippen LogP contribution is -2.42.